The van der Waals surface area contributed by atoms with E-state index in [1.165, 1.54) is 11.6 Å². The molecule has 4 rings (SSSR count). The fourth-order valence-corrected chi connectivity index (χ4v) is 3.80. The van der Waals surface area contributed by atoms with Crippen LogP contribution in [-0.2, 0) is 14.1 Å². The third-order valence-corrected chi connectivity index (χ3v) is 5.60. The Balaban J connectivity index is 1.69. The number of hydrogen-bond acceptors (Lipinski definition) is 7. The maximum absolute atomic E-state index is 12.9. The fraction of sp³-hybridized carbons (Fsp3) is 0.429. The summed E-state index contributed by atoms with van der Waals surface area (Å²) < 4.78 is 10.0. The van der Waals surface area contributed by atoms with Crippen molar-refractivity contribution in [3.63, 3.8) is 0 Å². The SMILES string of the molecule is CCOc1ccccc1NCCN1N=C(C)[C@@H](C)n2c1nc1c2c(=O)n(C)c(=O)n1C. The van der Waals surface area contributed by atoms with Crippen molar-refractivity contribution in [2.45, 2.75) is 26.8 Å². The summed E-state index contributed by atoms with van der Waals surface area (Å²) >= 11 is 0. The number of rotatable bonds is 6. The van der Waals surface area contributed by atoms with E-state index in [9.17, 15) is 9.59 Å². The fourth-order valence-electron chi connectivity index (χ4n) is 3.80. The third kappa shape index (κ3) is 3.37. The molecule has 0 bridgehead atoms. The van der Waals surface area contributed by atoms with Gasteiger partial charge in [-0.15, -0.1) is 0 Å². The van der Waals surface area contributed by atoms with E-state index in [1.807, 2.05) is 49.6 Å². The molecular formula is C21H27N7O3. The standard InChI is InChI=1S/C21H27N7O3/c1-6-31-16-10-8-7-9-15(16)22-11-12-27-20-23-18-17(28(20)14(3)13(2)24-27)19(29)26(5)21(30)25(18)4/h7-10,14,22H,6,11-12H2,1-5H3/t14-/m1/s1. The Hall–Kier alpha value is -3.56. The minimum Gasteiger partial charge on any atom is -0.492 e. The van der Waals surface area contributed by atoms with Gasteiger partial charge < -0.3 is 10.1 Å². The van der Waals surface area contributed by atoms with Crippen molar-refractivity contribution in [3.8, 4) is 5.75 Å². The minimum absolute atomic E-state index is 0.145. The molecule has 0 radical (unpaired) electrons. The summed E-state index contributed by atoms with van der Waals surface area (Å²) in [5.74, 6) is 1.34. The van der Waals surface area contributed by atoms with Gasteiger partial charge in [-0.3, -0.25) is 18.5 Å². The second-order valence-corrected chi connectivity index (χ2v) is 7.56. The molecule has 10 nitrogen and oxygen atoms in total. The number of aromatic nitrogens is 4. The number of benzene rings is 1. The van der Waals surface area contributed by atoms with Gasteiger partial charge in [0.1, 0.15) is 5.75 Å². The lowest BCUT2D eigenvalue weighted by Crippen LogP contribution is -2.39. The van der Waals surface area contributed by atoms with Crippen molar-refractivity contribution in [2.75, 3.05) is 30.0 Å². The van der Waals surface area contributed by atoms with Crippen molar-refractivity contribution in [2.24, 2.45) is 19.2 Å². The van der Waals surface area contributed by atoms with Crippen LogP contribution in [0.5, 0.6) is 5.75 Å². The Bertz CT molecular complexity index is 1280. The number of para-hydroxylation sites is 2. The molecule has 0 spiro atoms. The van der Waals surface area contributed by atoms with E-state index in [2.05, 4.69) is 10.3 Å². The summed E-state index contributed by atoms with van der Waals surface area (Å²) in [4.78, 5) is 29.9. The van der Waals surface area contributed by atoms with Crippen molar-refractivity contribution < 1.29 is 4.74 Å². The summed E-state index contributed by atoms with van der Waals surface area (Å²) in [5.41, 5.74) is 1.76. The molecule has 0 saturated heterocycles. The number of hydrogen-bond donors (Lipinski definition) is 1. The number of fused-ring (bicyclic) bond motifs is 3. The Morgan fingerprint density at radius 2 is 1.90 bits per heavy atom. The summed E-state index contributed by atoms with van der Waals surface area (Å²) in [6, 6.07) is 7.63. The zero-order valence-electron chi connectivity index (χ0n) is 18.4. The molecule has 3 aromatic rings. The van der Waals surface area contributed by atoms with Crippen LogP contribution in [0.15, 0.2) is 39.0 Å². The summed E-state index contributed by atoms with van der Waals surface area (Å²) in [7, 11) is 3.11. The van der Waals surface area contributed by atoms with Crippen LogP contribution in [0.3, 0.4) is 0 Å². The number of nitrogens with one attached hydrogen (secondary N) is 1. The maximum Gasteiger partial charge on any atom is 0.332 e. The first kappa shape index (κ1) is 20.7. The Morgan fingerprint density at radius 3 is 2.65 bits per heavy atom. The highest BCUT2D eigenvalue weighted by atomic mass is 16.5. The molecule has 0 aliphatic carbocycles. The first-order valence-corrected chi connectivity index (χ1v) is 10.3. The number of ether oxygens (including phenoxy) is 1. The number of aryl methyl sites for hydroxylation is 1. The van der Waals surface area contributed by atoms with Gasteiger partial charge in [-0.25, -0.2) is 9.80 Å². The molecule has 1 aliphatic rings. The molecule has 0 fully saturated rings. The first-order chi connectivity index (χ1) is 14.8. The van der Waals surface area contributed by atoms with Gasteiger partial charge in [-0.05, 0) is 32.9 Å². The van der Waals surface area contributed by atoms with E-state index in [4.69, 9.17) is 9.84 Å². The topological polar surface area (TPSA) is 98.7 Å². The van der Waals surface area contributed by atoms with Gasteiger partial charge >= 0.3 is 5.69 Å². The van der Waals surface area contributed by atoms with Gasteiger partial charge in [0.25, 0.3) is 5.56 Å². The normalized spacial score (nSPS) is 15.7. The Labute approximate surface area is 179 Å². The van der Waals surface area contributed by atoms with E-state index in [1.54, 1.807) is 12.1 Å². The molecule has 0 saturated carbocycles. The van der Waals surface area contributed by atoms with Gasteiger partial charge in [0.2, 0.25) is 5.95 Å². The van der Waals surface area contributed by atoms with Crippen molar-refractivity contribution in [1.82, 2.24) is 18.7 Å². The second-order valence-electron chi connectivity index (χ2n) is 7.56. The van der Waals surface area contributed by atoms with Gasteiger partial charge in [-0.1, -0.05) is 12.1 Å². The lowest BCUT2D eigenvalue weighted by Gasteiger charge is -2.29. The molecule has 1 atom stereocenters. The zero-order chi connectivity index (χ0) is 22.3. The molecular weight excluding hydrogens is 398 g/mol. The van der Waals surface area contributed by atoms with E-state index in [-0.39, 0.29) is 11.6 Å². The quantitative estimate of drug-likeness (QED) is 0.646. The molecule has 164 valence electrons. The lowest BCUT2D eigenvalue weighted by molar-refractivity contribution is 0.341. The van der Waals surface area contributed by atoms with Gasteiger partial charge in [0, 0.05) is 20.6 Å². The van der Waals surface area contributed by atoms with E-state index in [0.717, 1.165) is 21.7 Å². The number of nitrogens with zero attached hydrogens (tertiary/aromatic N) is 6. The second kappa shape index (κ2) is 7.93. The van der Waals surface area contributed by atoms with Gasteiger partial charge in [-0.2, -0.15) is 10.1 Å². The molecule has 1 aromatic carbocycles. The number of hydrazone groups is 1. The molecule has 3 heterocycles. The molecule has 0 amide bonds. The molecule has 0 unspecified atom stereocenters. The average Bonchev–Trinajstić information content (AvgIpc) is 3.17. The van der Waals surface area contributed by atoms with Crippen LogP contribution in [0.25, 0.3) is 11.2 Å². The highest BCUT2D eigenvalue weighted by molar-refractivity contribution is 5.91. The predicted molar refractivity (Wildman–Crippen MR) is 121 cm³/mol. The lowest BCUT2D eigenvalue weighted by atomic mass is 10.2. The van der Waals surface area contributed by atoms with Crippen molar-refractivity contribution in [1.29, 1.82) is 0 Å². The Kier molecular flexibility index (Phi) is 5.30. The van der Waals surface area contributed by atoms with Crippen LogP contribution in [0, 0.1) is 0 Å². The van der Waals surface area contributed by atoms with Crippen LogP contribution >= 0.6 is 0 Å². The highest BCUT2D eigenvalue weighted by Crippen LogP contribution is 2.30. The van der Waals surface area contributed by atoms with E-state index < -0.39 is 5.69 Å². The molecule has 1 aliphatic heterocycles. The average molecular weight is 425 g/mol. The summed E-state index contributed by atoms with van der Waals surface area (Å²) in [5, 5.41) is 9.85. The van der Waals surface area contributed by atoms with Crippen molar-refractivity contribution in [3.05, 3.63) is 45.1 Å². The van der Waals surface area contributed by atoms with Crippen LogP contribution in [0.1, 0.15) is 26.8 Å². The van der Waals surface area contributed by atoms with Crippen LogP contribution < -0.4 is 26.3 Å². The molecule has 10 heteroatoms. The largest absolute Gasteiger partial charge is 0.492 e. The smallest absolute Gasteiger partial charge is 0.332 e. The van der Waals surface area contributed by atoms with Crippen LogP contribution in [0.2, 0.25) is 0 Å². The molecule has 31 heavy (non-hydrogen) atoms. The van der Waals surface area contributed by atoms with Crippen LogP contribution in [-0.4, -0.2) is 44.1 Å². The van der Waals surface area contributed by atoms with E-state index >= 15 is 0 Å². The minimum atomic E-state index is -0.404. The van der Waals surface area contributed by atoms with Crippen molar-refractivity contribution >= 4 is 28.5 Å². The third-order valence-electron chi connectivity index (χ3n) is 5.60. The Morgan fingerprint density at radius 1 is 1.16 bits per heavy atom. The van der Waals surface area contributed by atoms with Gasteiger partial charge in [0.15, 0.2) is 11.2 Å². The highest BCUT2D eigenvalue weighted by Gasteiger charge is 2.30. The monoisotopic (exact) mass is 425 g/mol. The number of anilines is 2. The zero-order valence-corrected chi connectivity index (χ0v) is 18.4. The first-order valence-electron chi connectivity index (χ1n) is 10.3. The van der Waals surface area contributed by atoms with E-state index in [0.29, 0.717) is 36.8 Å². The maximum atomic E-state index is 12.9. The molecule has 2 aromatic heterocycles. The molecule has 1 N–H and O–H groups in total. The van der Waals surface area contributed by atoms with Gasteiger partial charge in [0.05, 0.1) is 30.6 Å². The van der Waals surface area contributed by atoms with Crippen LogP contribution in [0.4, 0.5) is 11.6 Å². The number of imidazole rings is 1. The summed E-state index contributed by atoms with van der Waals surface area (Å²) in [6.45, 7) is 7.53. The summed E-state index contributed by atoms with van der Waals surface area (Å²) in [6.07, 6.45) is 0. The predicted octanol–water partition coefficient (Wildman–Crippen LogP) is 1.70.